The lowest BCUT2D eigenvalue weighted by Crippen LogP contribution is -2.17. The number of anilines is 3. The third kappa shape index (κ3) is 6.25. The zero-order chi connectivity index (χ0) is 22.4. The number of carbonyl (C=O) groups is 1. The standard InChI is InChI=1S/C20H18F3N5O2S/c1-31(30)28-16-10-14(20(21,22)23)9-15(11-16)27-19(29)17-3-2-6-25-18(17)26-12-13-4-7-24-8-5-13/h2-11,28H,12H2,1H3,(H,25,26)(H,27,29). The maximum absolute atomic E-state index is 13.2. The fraction of sp³-hybridized carbons (Fsp3) is 0.150. The van der Waals surface area contributed by atoms with Crippen molar-refractivity contribution in [3.63, 3.8) is 0 Å². The predicted molar refractivity (Wildman–Crippen MR) is 113 cm³/mol. The van der Waals surface area contributed by atoms with Gasteiger partial charge in [0.1, 0.15) is 16.8 Å². The van der Waals surface area contributed by atoms with Crippen LogP contribution in [0.15, 0.2) is 61.1 Å². The highest BCUT2D eigenvalue weighted by molar-refractivity contribution is 7.85. The van der Waals surface area contributed by atoms with Gasteiger partial charge in [-0.2, -0.15) is 13.2 Å². The first-order valence-electron chi connectivity index (χ1n) is 8.94. The van der Waals surface area contributed by atoms with E-state index in [1.54, 1.807) is 30.6 Å². The Hall–Kier alpha value is -3.47. The first-order valence-corrected chi connectivity index (χ1v) is 10.5. The molecule has 162 valence electrons. The van der Waals surface area contributed by atoms with Crippen molar-refractivity contribution in [2.45, 2.75) is 12.7 Å². The molecule has 1 atom stereocenters. The molecule has 3 rings (SSSR count). The molecule has 7 nitrogen and oxygen atoms in total. The second-order valence-electron chi connectivity index (χ2n) is 6.42. The number of alkyl halides is 3. The van der Waals surface area contributed by atoms with Gasteiger partial charge < -0.3 is 15.4 Å². The maximum Gasteiger partial charge on any atom is 0.416 e. The fourth-order valence-corrected chi connectivity index (χ4v) is 3.15. The second-order valence-corrected chi connectivity index (χ2v) is 7.53. The van der Waals surface area contributed by atoms with E-state index in [4.69, 9.17) is 0 Å². The quantitative estimate of drug-likeness (QED) is 0.506. The summed E-state index contributed by atoms with van der Waals surface area (Å²) in [7, 11) is -1.59. The molecule has 3 aromatic rings. The van der Waals surface area contributed by atoms with E-state index in [2.05, 4.69) is 25.3 Å². The molecule has 0 aliphatic heterocycles. The van der Waals surface area contributed by atoms with Crippen molar-refractivity contribution in [1.82, 2.24) is 9.97 Å². The monoisotopic (exact) mass is 449 g/mol. The van der Waals surface area contributed by atoms with E-state index in [-0.39, 0.29) is 22.8 Å². The van der Waals surface area contributed by atoms with E-state index < -0.39 is 28.6 Å². The lowest BCUT2D eigenvalue weighted by Gasteiger charge is -2.14. The summed E-state index contributed by atoms with van der Waals surface area (Å²) in [5.41, 5.74) is -0.0546. The summed E-state index contributed by atoms with van der Waals surface area (Å²) in [5, 5.41) is 5.49. The van der Waals surface area contributed by atoms with Crippen molar-refractivity contribution < 1.29 is 22.2 Å². The summed E-state index contributed by atoms with van der Waals surface area (Å²) in [6.07, 6.45) is 1.40. The van der Waals surface area contributed by atoms with Gasteiger partial charge in [-0.3, -0.25) is 9.78 Å². The summed E-state index contributed by atoms with van der Waals surface area (Å²) in [6.45, 7) is 0.375. The Labute approximate surface area is 178 Å². The minimum Gasteiger partial charge on any atom is -0.365 e. The van der Waals surface area contributed by atoms with Gasteiger partial charge in [0.2, 0.25) is 0 Å². The van der Waals surface area contributed by atoms with Crippen molar-refractivity contribution in [3.05, 3.63) is 77.7 Å². The summed E-state index contributed by atoms with van der Waals surface area (Å²) in [4.78, 5) is 20.9. The minimum absolute atomic E-state index is 0.0341. The van der Waals surface area contributed by atoms with Crippen LogP contribution in [0.25, 0.3) is 0 Å². The number of nitrogens with zero attached hydrogens (tertiary/aromatic N) is 2. The Balaban J connectivity index is 1.83. The third-order valence-corrected chi connectivity index (χ3v) is 4.56. The number of aromatic nitrogens is 2. The Morgan fingerprint density at radius 3 is 2.45 bits per heavy atom. The molecular formula is C20H18F3N5O2S. The second kappa shape index (κ2) is 9.56. The van der Waals surface area contributed by atoms with E-state index in [1.807, 2.05) is 0 Å². The van der Waals surface area contributed by atoms with Gasteiger partial charge in [-0.1, -0.05) is 0 Å². The van der Waals surface area contributed by atoms with Crippen LogP contribution in [0.4, 0.5) is 30.4 Å². The molecule has 11 heteroatoms. The van der Waals surface area contributed by atoms with E-state index in [1.165, 1.54) is 24.6 Å². The number of hydrogen-bond acceptors (Lipinski definition) is 5. The van der Waals surface area contributed by atoms with Gasteiger partial charge in [0.15, 0.2) is 0 Å². The molecule has 1 unspecified atom stereocenters. The highest BCUT2D eigenvalue weighted by Crippen LogP contribution is 2.33. The van der Waals surface area contributed by atoms with Crippen LogP contribution >= 0.6 is 0 Å². The molecule has 31 heavy (non-hydrogen) atoms. The number of hydrogen-bond donors (Lipinski definition) is 3. The zero-order valence-electron chi connectivity index (χ0n) is 16.2. The summed E-state index contributed by atoms with van der Waals surface area (Å²) >= 11 is 0. The normalized spacial score (nSPS) is 12.1. The van der Waals surface area contributed by atoms with Gasteiger partial charge in [-0.05, 0) is 48.0 Å². The topological polar surface area (TPSA) is 96.0 Å². The number of rotatable bonds is 7. The first kappa shape index (κ1) is 22.2. The highest BCUT2D eigenvalue weighted by atomic mass is 32.2. The summed E-state index contributed by atoms with van der Waals surface area (Å²) < 4.78 is 53.5. The van der Waals surface area contributed by atoms with Crippen LogP contribution in [0, 0.1) is 0 Å². The number of nitrogens with one attached hydrogen (secondary N) is 3. The van der Waals surface area contributed by atoms with Gasteiger partial charge in [0, 0.05) is 42.8 Å². The number of halogens is 3. The van der Waals surface area contributed by atoms with Crippen LogP contribution in [0.1, 0.15) is 21.5 Å². The number of benzene rings is 1. The Morgan fingerprint density at radius 2 is 1.77 bits per heavy atom. The van der Waals surface area contributed by atoms with Gasteiger partial charge >= 0.3 is 6.18 Å². The van der Waals surface area contributed by atoms with Crippen molar-refractivity contribution in [1.29, 1.82) is 0 Å². The van der Waals surface area contributed by atoms with Crippen LogP contribution in [0.2, 0.25) is 0 Å². The van der Waals surface area contributed by atoms with Crippen molar-refractivity contribution in [3.8, 4) is 0 Å². The Morgan fingerprint density at radius 1 is 1.06 bits per heavy atom. The zero-order valence-corrected chi connectivity index (χ0v) is 17.1. The lowest BCUT2D eigenvalue weighted by atomic mass is 10.1. The fourth-order valence-electron chi connectivity index (χ4n) is 2.70. The van der Waals surface area contributed by atoms with Crippen molar-refractivity contribution in [2.75, 3.05) is 21.6 Å². The van der Waals surface area contributed by atoms with Crippen LogP contribution < -0.4 is 15.4 Å². The van der Waals surface area contributed by atoms with E-state index >= 15 is 0 Å². The van der Waals surface area contributed by atoms with E-state index in [9.17, 15) is 22.2 Å². The number of amides is 1. The van der Waals surface area contributed by atoms with Crippen molar-refractivity contribution >= 4 is 34.1 Å². The molecule has 0 aliphatic rings. The number of carbonyl (C=O) groups excluding carboxylic acids is 1. The van der Waals surface area contributed by atoms with E-state index in [0.717, 1.165) is 17.7 Å². The minimum atomic E-state index is -4.64. The molecule has 1 aromatic carbocycles. The van der Waals surface area contributed by atoms with Gasteiger partial charge in [-0.15, -0.1) is 0 Å². The number of pyridine rings is 2. The summed E-state index contributed by atoms with van der Waals surface area (Å²) in [5.74, 6) is -0.370. The molecule has 0 saturated carbocycles. The molecule has 2 aromatic heterocycles. The molecule has 2 heterocycles. The molecule has 0 bridgehead atoms. The lowest BCUT2D eigenvalue weighted by molar-refractivity contribution is -0.137. The van der Waals surface area contributed by atoms with Gasteiger partial charge in [0.05, 0.1) is 11.1 Å². The molecule has 0 spiro atoms. The molecule has 0 saturated heterocycles. The van der Waals surface area contributed by atoms with Gasteiger partial charge in [-0.25, -0.2) is 9.19 Å². The molecule has 0 fully saturated rings. The largest absolute Gasteiger partial charge is 0.416 e. The molecular weight excluding hydrogens is 431 g/mol. The van der Waals surface area contributed by atoms with Crippen molar-refractivity contribution in [2.24, 2.45) is 0 Å². The SMILES string of the molecule is CS(=O)Nc1cc(NC(=O)c2cccnc2NCc2ccncc2)cc(C(F)(F)F)c1. The average molecular weight is 449 g/mol. The van der Waals surface area contributed by atoms with Gasteiger partial charge in [0.25, 0.3) is 5.91 Å². The molecule has 0 radical (unpaired) electrons. The summed E-state index contributed by atoms with van der Waals surface area (Å²) in [6, 6.07) is 9.55. The van der Waals surface area contributed by atoms with Crippen LogP contribution in [-0.2, 0) is 23.7 Å². The molecule has 3 N–H and O–H groups in total. The predicted octanol–water partition coefficient (Wildman–Crippen LogP) is 4.07. The van der Waals surface area contributed by atoms with Crippen LogP contribution in [0.5, 0.6) is 0 Å². The molecule has 1 amide bonds. The first-order chi connectivity index (χ1) is 14.7. The van der Waals surface area contributed by atoms with Crippen LogP contribution in [0.3, 0.4) is 0 Å². The Bertz CT molecular complexity index is 1090. The maximum atomic E-state index is 13.2. The highest BCUT2D eigenvalue weighted by Gasteiger charge is 2.31. The Kier molecular flexibility index (Phi) is 6.85. The third-order valence-electron chi connectivity index (χ3n) is 4.04. The molecule has 0 aliphatic carbocycles. The van der Waals surface area contributed by atoms with Crippen LogP contribution in [-0.4, -0.2) is 26.3 Å². The average Bonchev–Trinajstić information content (AvgIpc) is 2.72. The smallest absolute Gasteiger partial charge is 0.365 e. The van der Waals surface area contributed by atoms with E-state index in [0.29, 0.717) is 6.54 Å².